The fourth-order valence-corrected chi connectivity index (χ4v) is 2.75. The maximum absolute atomic E-state index is 4.40. The summed E-state index contributed by atoms with van der Waals surface area (Å²) < 4.78 is 2.03. The van der Waals surface area contributed by atoms with Crippen LogP contribution in [0.25, 0.3) is 0 Å². The number of aryl methyl sites for hydroxylation is 1. The van der Waals surface area contributed by atoms with Crippen molar-refractivity contribution in [3.63, 3.8) is 0 Å². The zero-order valence-electron chi connectivity index (χ0n) is 11.8. The second kappa shape index (κ2) is 8.64. The predicted octanol–water partition coefficient (Wildman–Crippen LogP) is 3.07. The Kier molecular flexibility index (Phi) is 7.51. The van der Waals surface area contributed by atoms with Gasteiger partial charge in [-0.05, 0) is 19.3 Å². The number of hydrogen-bond acceptors (Lipinski definition) is 3. The molecule has 0 bridgehead atoms. The van der Waals surface area contributed by atoms with Crippen LogP contribution >= 0.6 is 15.9 Å². The Labute approximate surface area is 119 Å². The van der Waals surface area contributed by atoms with Crippen molar-refractivity contribution >= 4 is 15.9 Å². The van der Waals surface area contributed by atoms with Crippen LogP contribution in [0.1, 0.15) is 45.9 Å². The van der Waals surface area contributed by atoms with Gasteiger partial charge in [-0.1, -0.05) is 36.7 Å². The molecule has 4 nitrogen and oxygen atoms in total. The van der Waals surface area contributed by atoms with Crippen LogP contribution in [0.4, 0.5) is 0 Å². The lowest BCUT2D eigenvalue weighted by molar-refractivity contribution is 0.181. The van der Waals surface area contributed by atoms with E-state index in [1.54, 1.807) is 6.33 Å². The molecule has 0 fully saturated rings. The molecule has 0 unspecified atom stereocenters. The fraction of sp³-hybridized carbons (Fsp3) is 0.846. The van der Waals surface area contributed by atoms with Crippen LogP contribution in [0.5, 0.6) is 0 Å². The maximum atomic E-state index is 4.40. The Morgan fingerprint density at radius 1 is 1.33 bits per heavy atom. The van der Waals surface area contributed by atoms with Gasteiger partial charge in [-0.2, -0.15) is 5.10 Å². The van der Waals surface area contributed by atoms with Crippen molar-refractivity contribution in [1.82, 2.24) is 19.7 Å². The molecule has 0 aliphatic heterocycles. The van der Waals surface area contributed by atoms with E-state index >= 15 is 0 Å². The van der Waals surface area contributed by atoms with Gasteiger partial charge in [0, 0.05) is 24.5 Å². The Balaban J connectivity index is 2.72. The number of aromatic nitrogens is 3. The van der Waals surface area contributed by atoms with E-state index in [1.165, 1.54) is 12.8 Å². The highest BCUT2D eigenvalue weighted by Crippen LogP contribution is 2.12. The highest BCUT2D eigenvalue weighted by molar-refractivity contribution is 9.09. The summed E-state index contributed by atoms with van der Waals surface area (Å²) >= 11 is 3.55. The molecule has 5 heteroatoms. The molecule has 104 valence electrons. The van der Waals surface area contributed by atoms with Crippen molar-refractivity contribution in [3.8, 4) is 0 Å². The molecule has 0 atom stereocenters. The van der Waals surface area contributed by atoms with Gasteiger partial charge in [0.05, 0.1) is 6.54 Å². The number of hydrogen-bond donors (Lipinski definition) is 0. The number of nitrogens with zero attached hydrogens (tertiary/aromatic N) is 4. The van der Waals surface area contributed by atoms with Crippen molar-refractivity contribution in [2.75, 3.05) is 11.9 Å². The maximum Gasteiger partial charge on any atom is 0.141 e. The molecule has 0 aromatic carbocycles. The summed E-state index contributed by atoms with van der Waals surface area (Å²) in [5.74, 6) is 1.09. The van der Waals surface area contributed by atoms with E-state index in [0.717, 1.165) is 37.2 Å². The van der Waals surface area contributed by atoms with E-state index in [0.29, 0.717) is 6.04 Å². The van der Waals surface area contributed by atoms with E-state index < -0.39 is 0 Å². The van der Waals surface area contributed by atoms with Crippen LogP contribution < -0.4 is 0 Å². The Morgan fingerprint density at radius 2 is 2.06 bits per heavy atom. The molecule has 0 saturated carbocycles. The third-order valence-corrected chi connectivity index (χ3v) is 3.66. The van der Waals surface area contributed by atoms with Gasteiger partial charge in [-0.3, -0.25) is 4.90 Å². The third-order valence-electron chi connectivity index (χ3n) is 3.31. The molecular weight excluding hydrogens is 292 g/mol. The lowest BCUT2D eigenvalue weighted by Crippen LogP contribution is -2.36. The minimum atomic E-state index is 0.634. The topological polar surface area (TPSA) is 34.0 Å². The minimum absolute atomic E-state index is 0.634. The quantitative estimate of drug-likeness (QED) is 0.656. The van der Waals surface area contributed by atoms with E-state index in [-0.39, 0.29) is 0 Å². The summed E-state index contributed by atoms with van der Waals surface area (Å²) in [6.45, 7) is 9.60. The zero-order chi connectivity index (χ0) is 13.4. The minimum Gasteiger partial charge on any atom is -0.292 e. The van der Waals surface area contributed by atoms with E-state index in [1.807, 2.05) is 4.68 Å². The standard InChI is InChI=1S/C13H25BrN4/c1-4-8-18-13(15-11-16-18)10-17(9-7-14)12(5-2)6-3/h11-12H,4-10H2,1-3H3. The molecule has 1 aromatic rings. The zero-order valence-corrected chi connectivity index (χ0v) is 13.4. The van der Waals surface area contributed by atoms with Gasteiger partial charge in [0.15, 0.2) is 0 Å². The molecule has 0 saturated heterocycles. The van der Waals surface area contributed by atoms with Crippen LogP contribution in [0.15, 0.2) is 6.33 Å². The number of alkyl halides is 1. The van der Waals surface area contributed by atoms with Crippen LogP contribution in [-0.4, -0.2) is 37.6 Å². The second-order valence-electron chi connectivity index (χ2n) is 4.53. The van der Waals surface area contributed by atoms with Gasteiger partial charge < -0.3 is 0 Å². The van der Waals surface area contributed by atoms with E-state index in [2.05, 4.69) is 51.7 Å². The van der Waals surface area contributed by atoms with E-state index in [4.69, 9.17) is 0 Å². The van der Waals surface area contributed by atoms with Gasteiger partial charge >= 0.3 is 0 Å². The first-order chi connectivity index (χ1) is 8.76. The number of halogens is 1. The molecule has 0 amide bonds. The van der Waals surface area contributed by atoms with Crippen molar-refractivity contribution < 1.29 is 0 Å². The van der Waals surface area contributed by atoms with Crippen molar-refractivity contribution in [3.05, 3.63) is 12.2 Å². The third kappa shape index (κ3) is 4.35. The summed E-state index contributed by atoms with van der Waals surface area (Å²) in [6.07, 6.45) is 5.14. The van der Waals surface area contributed by atoms with Gasteiger partial charge in [0.25, 0.3) is 0 Å². The summed E-state index contributed by atoms with van der Waals surface area (Å²) in [5.41, 5.74) is 0. The Bertz CT molecular complexity index is 323. The average Bonchev–Trinajstić information content (AvgIpc) is 2.79. The number of rotatable bonds is 9. The normalized spacial score (nSPS) is 11.7. The first-order valence-corrected chi connectivity index (χ1v) is 8.05. The van der Waals surface area contributed by atoms with Crippen LogP contribution in [0.3, 0.4) is 0 Å². The lowest BCUT2D eigenvalue weighted by atomic mass is 10.1. The van der Waals surface area contributed by atoms with Gasteiger partial charge in [0.2, 0.25) is 0 Å². The molecule has 0 radical (unpaired) electrons. The first-order valence-electron chi connectivity index (χ1n) is 6.93. The molecular formula is C13H25BrN4. The van der Waals surface area contributed by atoms with Gasteiger partial charge in [-0.15, -0.1) is 0 Å². The fourth-order valence-electron chi connectivity index (χ4n) is 2.30. The summed E-state index contributed by atoms with van der Waals surface area (Å²) in [5, 5.41) is 5.30. The molecule has 0 aliphatic carbocycles. The van der Waals surface area contributed by atoms with Crippen molar-refractivity contribution in [2.45, 2.75) is 59.2 Å². The molecule has 0 spiro atoms. The first kappa shape index (κ1) is 15.6. The van der Waals surface area contributed by atoms with Crippen LogP contribution in [0, 0.1) is 0 Å². The van der Waals surface area contributed by atoms with Crippen LogP contribution in [-0.2, 0) is 13.1 Å². The molecule has 1 rings (SSSR count). The smallest absolute Gasteiger partial charge is 0.141 e. The second-order valence-corrected chi connectivity index (χ2v) is 5.32. The predicted molar refractivity (Wildman–Crippen MR) is 78.9 cm³/mol. The molecule has 18 heavy (non-hydrogen) atoms. The molecule has 1 heterocycles. The molecule has 0 aliphatic rings. The summed E-state index contributed by atoms with van der Waals surface area (Å²) in [4.78, 5) is 6.91. The SMILES string of the molecule is CCCn1ncnc1CN(CCBr)C(CC)CC. The average molecular weight is 317 g/mol. The van der Waals surface area contributed by atoms with Crippen LogP contribution in [0.2, 0.25) is 0 Å². The summed E-state index contributed by atoms with van der Waals surface area (Å²) in [7, 11) is 0. The largest absolute Gasteiger partial charge is 0.292 e. The molecule has 1 aromatic heterocycles. The molecule has 0 N–H and O–H groups in total. The monoisotopic (exact) mass is 316 g/mol. The lowest BCUT2D eigenvalue weighted by Gasteiger charge is -2.29. The van der Waals surface area contributed by atoms with Gasteiger partial charge in [0.1, 0.15) is 12.2 Å². The van der Waals surface area contributed by atoms with Gasteiger partial charge in [-0.25, -0.2) is 9.67 Å². The Hall–Kier alpha value is -0.420. The van der Waals surface area contributed by atoms with E-state index in [9.17, 15) is 0 Å². The van der Waals surface area contributed by atoms with Crippen molar-refractivity contribution in [1.29, 1.82) is 0 Å². The highest BCUT2D eigenvalue weighted by atomic mass is 79.9. The summed E-state index contributed by atoms with van der Waals surface area (Å²) in [6, 6.07) is 0.634. The Morgan fingerprint density at radius 3 is 2.61 bits per heavy atom. The highest BCUT2D eigenvalue weighted by Gasteiger charge is 2.17. The van der Waals surface area contributed by atoms with Crippen molar-refractivity contribution in [2.24, 2.45) is 0 Å².